The first-order valence-corrected chi connectivity index (χ1v) is 10.6. The number of carboxylic acid groups (broad SMARTS) is 2. The number of hydrogen-bond acceptors (Lipinski definition) is 10. The highest BCUT2D eigenvalue weighted by Gasteiger charge is 2.48. The van der Waals surface area contributed by atoms with E-state index in [1.807, 2.05) is 0 Å². The molecule has 14 nitrogen and oxygen atoms in total. The van der Waals surface area contributed by atoms with Crippen molar-refractivity contribution in [1.29, 1.82) is 0 Å². The second-order valence-corrected chi connectivity index (χ2v) is 7.91. The minimum atomic E-state index is -1.32. The van der Waals surface area contributed by atoms with Crippen LogP contribution in [0.4, 0.5) is 5.13 Å². The van der Waals surface area contributed by atoms with E-state index in [2.05, 4.69) is 27.4 Å². The van der Waals surface area contributed by atoms with Crippen molar-refractivity contribution in [3.8, 4) is 0 Å². The van der Waals surface area contributed by atoms with Crippen LogP contribution in [0, 0.1) is 5.92 Å². The molecule has 0 radical (unpaired) electrons. The molecule has 1 unspecified atom stereocenters. The third kappa shape index (κ3) is 4.79. The quantitative estimate of drug-likeness (QED) is 0.132. The fourth-order valence-electron chi connectivity index (χ4n) is 3.65. The summed E-state index contributed by atoms with van der Waals surface area (Å²) >= 11 is 1.04. The number of rotatable bonds is 11. The number of oxime groups is 1. The lowest BCUT2D eigenvalue weighted by Crippen LogP contribution is -2.46. The normalized spacial score (nSPS) is 19.0. The summed E-state index contributed by atoms with van der Waals surface area (Å²) in [7, 11) is 1.22. The lowest BCUT2D eigenvalue weighted by molar-refractivity contribution is -0.142. The molecule has 15 heteroatoms. The van der Waals surface area contributed by atoms with Gasteiger partial charge >= 0.3 is 11.9 Å². The van der Waals surface area contributed by atoms with E-state index < -0.39 is 42.1 Å². The van der Waals surface area contributed by atoms with Crippen LogP contribution < -0.4 is 10.6 Å². The van der Waals surface area contributed by atoms with Gasteiger partial charge in [0.1, 0.15) is 24.8 Å². The van der Waals surface area contributed by atoms with E-state index in [4.69, 9.17) is 4.84 Å². The van der Waals surface area contributed by atoms with Gasteiger partial charge in [-0.3, -0.25) is 24.0 Å². The van der Waals surface area contributed by atoms with Crippen LogP contribution in [0.1, 0.15) is 12.1 Å². The summed E-state index contributed by atoms with van der Waals surface area (Å²) in [4.78, 5) is 68.4. The number of nitrogens with one attached hydrogen (secondary N) is 2. The molecule has 0 spiro atoms. The number of carbonyl (C=O) groups excluding carboxylic acids is 3. The topological polar surface area (TPSA) is 191 Å². The Balaban J connectivity index is 1.84. The van der Waals surface area contributed by atoms with Crippen molar-refractivity contribution in [3.63, 3.8) is 0 Å². The van der Waals surface area contributed by atoms with Gasteiger partial charge in [0.05, 0.1) is 12.1 Å². The maximum atomic E-state index is 13.1. The van der Waals surface area contributed by atoms with Gasteiger partial charge < -0.3 is 25.7 Å². The Morgan fingerprint density at radius 1 is 1.44 bits per heavy atom. The molecule has 34 heavy (non-hydrogen) atoms. The fourth-order valence-corrected chi connectivity index (χ4v) is 4.31. The number of hydrazine groups is 1. The minimum Gasteiger partial charge on any atom is -0.481 e. The van der Waals surface area contributed by atoms with Crippen molar-refractivity contribution >= 4 is 52.3 Å². The molecule has 3 heterocycles. The van der Waals surface area contributed by atoms with Gasteiger partial charge in [-0.1, -0.05) is 11.2 Å². The molecule has 180 valence electrons. The van der Waals surface area contributed by atoms with Gasteiger partial charge in [-0.05, 0) is 5.57 Å². The number of amides is 3. The van der Waals surface area contributed by atoms with E-state index in [0.29, 0.717) is 6.41 Å². The predicted octanol–water partition coefficient (Wildman–Crippen LogP) is -0.765. The van der Waals surface area contributed by atoms with Crippen molar-refractivity contribution in [2.45, 2.75) is 12.5 Å². The molecule has 2 atom stereocenters. The number of aromatic nitrogens is 1. The van der Waals surface area contributed by atoms with Gasteiger partial charge in [0.15, 0.2) is 10.8 Å². The zero-order valence-electron chi connectivity index (χ0n) is 17.8. The Kier molecular flexibility index (Phi) is 7.37. The van der Waals surface area contributed by atoms with Crippen LogP contribution in [0.3, 0.4) is 0 Å². The van der Waals surface area contributed by atoms with E-state index in [-0.39, 0.29) is 40.9 Å². The first-order chi connectivity index (χ1) is 16.2. The zero-order valence-corrected chi connectivity index (χ0v) is 18.6. The lowest BCUT2D eigenvalue weighted by atomic mass is 9.98. The monoisotopic (exact) mass is 492 g/mol. The maximum absolute atomic E-state index is 13.1. The molecule has 1 aromatic heterocycles. The Morgan fingerprint density at radius 3 is 2.76 bits per heavy atom. The molecular formula is C19H20N6O8S. The molecule has 2 aliphatic rings. The van der Waals surface area contributed by atoms with Crippen LogP contribution in [0.25, 0.3) is 0 Å². The van der Waals surface area contributed by atoms with Crippen LogP contribution in [0.15, 0.2) is 34.5 Å². The molecule has 1 saturated heterocycles. The number of carboxylic acids is 2. The van der Waals surface area contributed by atoms with Crippen LogP contribution in [-0.2, 0) is 28.8 Å². The summed E-state index contributed by atoms with van der Waals surface area (Å²) < 4.78 is 0. The maximum Gasteiger partial charge on any atom is 0.316 e. The van der Waals surface area contributed by atoms with Crippen LogP contribution >= 0.6 is 11.3 Å². The molecule has 3 rings (SSSR count). The molecule has 1 fully saturated rings. The largest absolute Gasteiger partial charge is 0.481 e. The predicted molar refractivity (Wildman–Crippen MR) is 116 cm³/mol. The van der Waals surface area contributed by atoms with Gasteiger partial charge in [-0.2, -0.15) is 0 Å². The van der Waals surface area contributed by atoms with Gasteiger partial charge in [0.2, 0.25) is 6.41 Å². The summed E-state index contributed by atoms with van der Waals surface area (Å²) in [6.45, 7) is 3.46. The summed E-state index contributed by atoms with van der Waals surface area (Å²) in [6.07, 6.45) is 1.08. The van der Waals surface area contributed by atoms with Crippen LogP contribution in [0.5, 0.6) is 0 Å². The van der Waals surface area contributed by atoms with Gasteiger partial charge in [-0.25, -0.2) is 15.0 Å². The molecule has 4 N–H and O–H groups in total. The molecule has 3 amide bonds. The highest BCUT2D eigenvalue weighted by molar-refractivity contribution is 7.14. The summed E-state index contributed by atoms with van der Waals surface area (Å²) in [5, 5.41) is 31.5. The van der Waals surface area contributed by atoms with Gasteiger partial charge in [-0.15, -0.1) is 17.9 Å². The molecule has 0 aliphatic carbocycles. The minimum absolute atomic E-state index is 0.00140. The molecule has 0 aromatic carbocycles. The highest BCUT2D eigenvalue weighted by atomic mass is 32.1. The average Bonchev–Trinajstić information content (AvgIpc) is 3.43. The number of nitrogens with zero attached hydrogens (tertiary/aromatic N) is 4. The van der Waals surface area contributed by atoms with Crippen molar-refractivity contribution in [2.24, 2.45) is 11.1 Å². The van der Waals surface area contributed by atoms with E-state index >= 15 is 0 Å². The second-order valence-electron chi connectivity index (χ2n) is 7.06. The fraction of sp³-hybridized carbons (Fsp3) is 0.316. The first kappa shape index (κ1) is 24.5. The third-order valence-electron chi connectivity index (χ3n) is 4.94. The Hall–Kier alpha value is -4.11. The van der Waals surface area contributed by atoms with Crippen molar-refractivity contribution in [1.82, 2.24) is 20.3 Å². The summed E-state index contributed by atoms with van der Waals surface area (Å²) in [5.41, 5.74) is 0.116. The highest BCUT2D eigenvalue weighted by Crippen LogP contribution is 2.35. The summed E-state index contributed by atoms with van der Waals surface area (Å²) in [5.74, 6) is -5.22. The molecular weight excluding hydrogens is 472 g/mol. The first-order valence-electron chi connectivity index (χ1n) is 9.67. The number of fused-ring (bicyclic) bond motifs is 1. The lowest BCUT2D eigenvalue weighted by Gasteiger charge is -2.24. The van der Waals surface area contributed by atoms with Gasteiger partial charge in [0.25, 0.3) is 11.8 Å². The third-order valence-corrected chi connectivity index (χ3v) is 5.71. The van der Waals surface area contributed by atoms with E-state index in [9.17, 15) is 34.2 Å². The Bertz CT molecular complexity index is 1110. The van der Waals surface area contributed by atoms with Crippen LogP contribution in [0.2, 0.25) is 0 Å². The van der Waals surface area contributed by atoms with Crippen molar-refractivity contribution in [3.05, 3.63) is 35.0 Å². The molecule has 0 saturated carbocycles. The second kappa shape index (κ2) is 10.2. The summed E-state index contributed by atoms with van der Waals surface area (Å²) in [6, 6.07) is -1.08. The number of hydrogen-bond donors (Lipinski definition) is 4. The molecule has 0 bridgehead atoms. The number of anilines is 1. The van der Waals surface area contributed by atoms with Crippen molar-refractivity contribution in [2.75, 3.05) is 25.5 Å². The average molecular weight is 492 g/mol. The van der Waals surface area contributed by atoms with Crippen LogP contribution in [-0.4, -0.2) is 87.3 Å². The SMILES string of the molecule is C=CC(C(=O)O)C1=C(CC(=O)O)CN2C[C@H](NC(=O)/C(=N\OC)c3csc(NC=O)n3)C(=O)N12. The number of thiazole rings is 1. The van der Waals surface area contributed by atoms with E-state index in [0.717, 1.165) is 22.4 Å². The smallest absolute Gasteiger partial charge is 0.316 e. The zero-order chi connectivity index (χ0) is 25.0. The Morgan fingerprint density at radius 2 is 2.18 bits per heavy atom. The van der Waals surface area contributed by atoms with E-state index in [1.165, 1.54) is 17.5 Å². The van der Waals surface area contributed by atoms with E-state index in [1.54, 1.807) is 0 Å². The standard InChI is InChI=1S/C19H20N6O8S/c1-3-10(18(31)32)15-9(4-13(27)28)5-24-6-11(17(30)25(15)24)21-16(29)14(23-33-2)12-7-34-19(22-12)20-8-26/h3,7-8,10-11H,1,4-6H2,2H3,(H,21,29)(H,27,28)(H,31,32)(H,20,22,26)/b23-14-/t10?,11-/m0/s1. The molecule has 2 aliphatic heterocycles. The number of carbonyl (C=O) groups is 5. The Labute approximate surface area is 196 Å². The molecule has 1 aromatic rings. The number of aliphatic carboxylic acids is 2. The van der Waals surface area contributed by atoms with Crippen molar-refractivity contribution < 1.29 is 39.0 Å². The van der Waals surface area contributed by atoms with Gasteiger partial charge in [0, 0.05) is 18.5 Å².